The fraction of sp³-hybridized carbons (Fsp3) is 0.907. The summed E-state index contributed by atoms with van der Waals surface area (Å²) in [6, 6.07) is 0.400. The predicted octanol–water partition coefficient (Wildman–Crippen LogP) is 12.2. The van der Waals surface area contributed by atoms with E-state index in [-0.39, 0.29) is 0 Å². The first-order valence-electron chi connectivity index (χ1n) is 20.6. The number of ketones is 1. The third-order valence-corrected chi connectivity index (χ3v) is 14.4. The number of fused-ring (bicyclic) bond motifs is 5. The summed E-state index contributed by atoms with van der Waals surface area (Å²) < 4.78 is 0. The van der Waals surface area contributed by atoms with Crippen molar-refractivity contribution in [2.45, 2.75) is 201 Å². The maximum atomic E-state index is 12.9. The molecule has 3 heteroatoms. The topological polar surface area (TPSA) is 46.2 Å². The van der Waals surface area contributed by atoms with Gasteiger partial charge in [-0.3, -0.25) is 4.79 Å². The average molecular weight is 638 g/mol. The summed E-state index contributed by atoms with van der Waals surface area (Å²) in [6.07, 6.45) is 36.3. The number of hydrogen-bond donors (Lipinski definition) is 1. The Kier molecular flexibility index (Phi) is 15.2. The van der Waals surface area contributed by atoms with Crippen LogP contribution >= 0.6 is 0 Å². The summed E-state index contributed by atoms with van der Waals surface area (Å²) in [5, 5.41) is 3.50. The quantitative estimate of drug-likeness (QED) is 0.107. The van der Waals surface area contributed by atoms with Gasteiger partial charge < -0.3 is 10.1 Å². The molecule has 0 heterocycles. The van der Waals surface area contributed by atoms with Crippen molar-refractivity contribution >= 4 is 11.7 Å². The Balaban J connectivity index is 1.10. The van der Waals surface area contributed by atoms with Crippen molar-refractivity contribution in [2.75, 3.05) is 0 Å². The molecule has 46 heavy (non-hydrogen) atoms. The van der Waals surface area contributed by atoms with Crippen LogP contribution in [-0.2, 0) is 9.59 Å². The van der Waals surface area contributed by atoms with Gasteiger partial charge in [-0.05, 0) is 150 Å². The van der Waals surface area contributed by atoms with Gasteiger partial charge in [-0.1, -0.05) is 91.2 Å². The lowest BCUT2D eigenvalue weighted by atomic mass is 9.44. The second-order valence-electron chi connectivity index (χ2n) is 17.5. The van der Waals surface area contributed by atoms with E-state index in [1.54, 1.807) is 6.92 Å². The third-order valence-electron chi connectivity index (χ3n) is 14.4. The molecule has 3 nitrogen and oxygen atoms in total. The molecule has 0 saturated heterocycles. The number of hydrogen-bond acceptors (Lipinski definition) is 2. The number of Topliss-reactive ketones (excluding diaryl/α,β-unsaturated/α-hetero) is 1. The van der Waals surface area contributed by atoms with Gasteiger partial charge in [0.05, 0.1) is 0 Å². The van der Waals surface area contributed by atoms with E-state index in [2.05, 4.69) is 45.2 Å². The van der Waals surface area contributed by atoms with Crippen LogP contribution in [0.15, 0.2) is 12.2 Å². The Labute approximate surface area is 285 Å². The molecule has 0 aliphatic heterocycles. The summed E-state index contributed by atoms with van der Waals surface area (Å²) in [7, 11) is 0. The van der Waals surface area contributed by atoms with Crippen LogP contribution in [0.3, 0.4) is 0 Å². The summed E-state index contributed by atoms with van der Waals surface area (Å²) in [4.78, 5) is 24.6. The van der Waals surface area contributed by atoms with E-state index < -0.39 is 0 Å². The van der Waals surface area contributed by atoms with Gasteiger partial charge in [0.1, 0.15) is 5.78 Å². The first-order valence-corrected chi connectivity index (χ1v) is 20.6. The Bertz CT molecular complexity index is 956. The smallest absolute Gasteiger partial charge is 0.220 e. The molecule has 0 spiro atoms. The van der Waals surface area contributed by atoms with Crippen LogP contribution in [0.2, 0.25) is 0 Å². The highest BCUT2D eigenvalue weighted by Gasteiger charge is 2.60. The highest BCUT2D eigenvalue weighted by molar-refractivity contribution is 5.76. The largest absolute Gasteiger partial charge is 0.353 e. The van der Waals surface area contributed by atoms with Crippen LogP contribution in [0.25, 0.3) is 0 Å². The summed E-state index contributed by atoms with van der Waals surface area (Å²) in [6.45, 7) is 11.8. The van der Waals surface area contributed by atoms with Crippen LogP contribution in [-0.4, -0.2) is 17.7 Å². The van der Waals surface area contributed by atoms with Crippen LogP contribution in [0.4, 0.5) is 0 Å². The molecule has 1 amide bonds. The number of unbranched alkanes of at least 4 members (excludes halogenated alkanes) is 11. The second-order valence-corrected chi connectivity index (χ2v) is 17.5. The van der Waals surface area contributed by atoms with Crippen molar-refractivity contribution in [1.29, 1.82) is 0 Å². The molecule has 264 valence electrons. The van der Waals surface area contributed by atoms with Gasteiger partial charge in [0.25, 0.3) is 0 Å². The number of rotatable bonds is 20. The van der Waals surface area contributed by atoms with Gasteiger partial charge in [-0.25, -0.2) is 0 Å². The second kappa shape index (κ2) is 18.6. The number of carbonyl (C=O) groups is 2. The van der Waals surface area contributed by atoms with Crippen molar-refractivity contribution in [3.8, 4) is 0 Å². The minimum Gasteiger partial charge on any atom is -0.353 e. The van der Waals surface area contributed by atoms with Crippen molar-refractivity contribution in [3.63, 3.8) is 0 Å². The van der Waals surface area contributed by atoms with E-state index in [4.69, 9.17) is 0 Å². The maximum absolute atomic E-state index is 12.9. The molecule has 4 aliphatic carbocycles. The molecule has 9 atom stereocenters. The van der Waals surface area contributed by atoms with E-state index >= 15 is 0 Å². The molecule has 0 aromatic heterocycles. The molecule has 4 fully saturated rings. The molecule has 4 rings (SSSR count). The van der Waals surface area contributed by atoms with E-state index in [9.17, 15) is 9.59 Å². The summed E-state index contributed by atoms with van der Waals surface area (Å²) >= 11 is 0. The normalized spacial score (nSPS) is 34.5. The fourth-order valence-electron chi connectivity index (χ4n) is 11.7. The Morgan fingerprint density at radius 2 is 1.37 bits per heavy atom. The van der Waals surface area contributed by atoms with Crippen molar-refractivity contribution in [3.05, 3.63) is 12.2 Å². The molecule has 0 bridgehead atoms. The molecule has 0 aromatic rings. The monoisotopic (exact) mass is 638 g/mol. The van der Waals surface area contributed by atoms with E-state index in [0.29, 0.717) is 40.9 Å². The zero-order valence-corrected chi connectivity index (χ0v) is 31.2. The van der Waals surface area contributed by atoms with Crippen LogP contribution in [0, 0.1) is 46.3 Å². The van der Waals surface area contributed by atoms with Gasteiger partial charge >= 0.3 is 0 Å². The number of nitrogens with one attached hydrogen (secondary N) is 1. The van der Waals surface area contributed by atoms with Crippen molar-refractivity contribution < 1.29 is 9.59 Å². The Hall–Kier alpha value is -1.12. The van der Waals surface area contributed by atoms with Gasteiger partial charge in [0.15, 0.2) is 0 Å². The molecule has 4 aliphatic rings. The van der Waals surface area contributed by atoms with E-state index in [1.165, 1.54) is 135 Å². The molecular formula is C43H75NO2. The number of amides is 1. The minimum atomic E-state index is 0.309. The van der Waals surface area contributed by atoms with E-state index in [1.807, 2.05) is 0 Å². The van der Waals surface area contributed by atoms with Gasteiger partial charge in [0.2, 0.25) is 5.91 Å². The molecule has 4 saturated carbocycles. The third kappa shape index (κ3) is 9.96. The fourth-order valence-corrected chi connectivity index (χ4v) is 11.7. The first-order chi connectivity index (χ1) is 22.2. The molecule has 1 N–H and O–H groups in total. The number of allylic oxidation sites excluding steroid dienone is 2. The molecule has 0 radical (unpaired) electrons. The summed E-state index contributed by atoms with van der Waals surface area (Å²) in [5.41, 5.74) is 0.947. The van der Waals surface area contributed by atoms with Crippen LogP contribution in [0.1, 0.15) is 195 Å². The zero-order chi connectivity index (χ0) is 33.0. The molecule has 0 aromatic carbocycles. The van der Waals surface area contributed by atoms with Crippen molar-refractivity contribution in [2.24, 2.45) is 46.3 Å². The highest BCUT2D eigenvalue weighted by atomic mass is 16.1. The zero-order valence-electron chi connectivity index (χ0n) is 31.2. The maximum Gasteiger partial charge on any atom is 0.220 e. The van der Waals surface area contributed by atoms with Crippen LogP contribution < -0.4 is 5.32 Å². The van der Waals surface area contributed by atoms with Gasteiger partial charge in [0, 0.05) is 18.9 Å². The predicted molar refractivity (Wildman–Crippen MR) is 196 cm³/mol. The lowest BCUT2D eigenvalue weighted by molar-refractivity contribution is -0.128. The average Bonchev–Trinajstić information content (AvgIpc) is 3.39. The molecule has 4 unspecified atom stereocenters. The standard InChI is InChI=1S/C43H75NO2/c1-6-7-8-9-10-11-12-13-14-15-16-17-18-19-20-21-41(46)44-36-28-30-42(4)35(32-36)24-25-37-39-27-26-38(33(2)22-23-34(3)45)43(39,5)31-29-40(37)42/h13-14,33,35-40H,6-12,15-32H2,1-5H3,(H,44,46)/b14-13-/t33-,35?,36+,37?,38-,39?,40?,42+,43-/m1/s1. The van der Waals surface area contributed by atoms with Crippen molar-refractivity contribution in [1.82, 2.24) is 5.32 Å². The summed E-state index contributed by atoms with van der Waals surface area (Å²) in [5.74, 6) is 5.59. The van der Waals surface area contributed by atoms with E-state index in [0.717, 1.165) is 48.9 Å². The Morgan fingerprint density at radius 1 is 0.739 bits per heavy atom. The first kappa shape index (κ1) is 37.7. The minimum absolute atomic E-state index is 0.309. The van der Waals surface area contributed by atoms with Gasteiger partial charge in [-0.15, -0.1) is 0 Å². The van der Waals surface area contributed by atoms with Gasteiger partial charge in [-0.2, -0.15) is 0 Å². The lowest BCUT2D eigenvalue weighted by Crippen LogP contribution is -2.55. The SMILES string of the molecule is CCCCCCCC/C=C\CCCCCCCC(=O)N[C@H]1CC[C@@]2(C)C(CCC3C2CC[C@@]2(C)C3CC[C@@H]2[C@H](C)CCC(C)=O)C1. The highest BCUT2D eigenvalue weighted by Crippen LogP contribution is 2.68. The molecular weight excluding hydrogens is 562 g/mol. The number of carbonyl (C=O) groups excluding carboxylic acids is 2. The van der Waals surface area contributed by atoms with Crippen LogP contribution in [0.5, 0.6) is 0 Å². The lowest BCUT2D eigenvalue weighted by Gasteiger charge is -2.61. The Morgan fingerprint density at radius 3 is 2.07 bits per heavy atom.